The molecule has 2 atom stereocenters. The molecule has 2 saturated heterocycles. The SMILES string of the molecule is COc1cccc(NC(=O)c2ccccc2NC(=O)C2CSC3(C)CCC(=O)N23)c1. The van der Waals surface area contributed by atoms with E-state index in [1.807, 2.05) is 6.92 Å². The molecule has 0 radical (unpaired) electrons. The highest BCUT2D eigenvalue weighted by molar-refractivity contribution is 8.01. The van der Waals surface area contributed by atoms with Crippen molar-refractivity contribution in [3.8, 4) is 5.75 Å². The maximum Gasteiger partial charge on any atom is 0.257 e. The average molecular weight is 426 g/mol. The van der Waals surface area contributed by atoms with Crippen molar-refractivity contribution < 1.29 is 19.1 Å². The van der Waals surface area contributed by atoms with Gasteiger partial charge in [0.05, 0.1) is 23.2 Å². The lowest BCUT2D eigenvalue weighted by Gasteiger charge is -2.30. The van der Waals surface area contributed by atoms with E-state index in [1.54, 1.807) is 72.3 Å². The van der Waals surface area contributed by atoms with Crippen molar-refractivity contribution in [1.82, 2.24) is 4.90 Å². The van der Waals surface area contributed by atoms with Crippen LogP contribution in [0, 0.1) is 0 Å². The van der Waals surface area contributed by atoms with Gasteiger partial charge in [-0.2, -0.15) is 0 Å². The molecule has 0 aromatic heterocycles. The van der Waals surface area contributed by atoms with E-state index >= 15 is 0 Å². The average Bonchev–Trinajstić information content (AvgIpc) is 3.24. The zero-order valence-corrected chi connectivity index (χ0v) is 17.6. The molecule has 0 bridgehead atoms. The van der Waals surface area contributed by atoms with Crippen LogP contribution in [0.4, 0.5) is 11.4 Å². The van der Waals surface area contributed by atoms with Crippen molar-refractivity contribution in [1.29, 1.82) is 0 Å². The van der Waals surface area contributed by atoms with E-state index in [0.29, 0.717) is 34.9 Å². The van der Waals surface area contributed by atoms with Gasteiger partial charge in [-0.15, -0.1) is 11.8 Å². The summed E-state index contributed by atoms with van der Waals surface area (Å²) in [6.45, 7) is 2.01. The number of nitrogens with one attached hydrogen (secondary N) is 2. The molecular formula is C22H23N3O4S. The predicted molar refractivity (Wildman–Crippen MR) is 117 cm³/mol. The minimum absolute atomic E-state index is 0.00621. The lowest BCUT2D eigenvalue weighted by atomic mass is 10.1. The molecule has 3 amide bonds. The van der Waals surface area contributed by atoms with Gasteiger partial charge in [0.1, 0.15) is 11.8 Å². The lowest BCUT2D eigenvalue weighted by molar-refractivity contribution is -0.135. The fourth-order valence-corrected chi connectivity index (χ4v) is 5.35. The Morgan fingerprint density at radius 1 is 1.17 bits per heavy atom. The third-order valence-electron chi connectivity index (χ3n) is 5.50. The van der Waals surface area contributed by atoms with Crippen LogP contribution in [-0.4, -0.2) is 46.4 Å². The molecule has 2 N–H and O–H groups in total. The van der Waals surface area contributed by atoms with E-state index < -0.39 is 6.04 Å². The molecule has 8 heteroatoms. The van der Waals surface area contributed by atoms with Gasteiger partial charge in [-0.25, -0.2) is 0 Å². The Bertz CT molecular complexity index is 1010. The standard InChI is InChI=1S/C22H23N3O4S/c1-22-11-10-19(26)25(22)18(13-30-22)21(28)24-17-9-4-3-8-16(17)20(27)23-14-6-5-7-15(12-14)29-2/h3-9,12,18H,10-11,13H2,1-2H3,(H,23,27)(H,24,28). The Morgan fingerprint density at radius 2 is 1.97 bits per heavy atom. The zero-order valence-electron chi connectivity index (χ0n) is 16.8. The summed E-state index contributed by atoms with van der Waals surface area (Å²) in [5.41, 5.74) is 1.34. The van der Waals surface area contributed by atoms with E-state index in [4.69, 9.17) is 4.74 Å². The summed E-state index contributed by atoms with van der Waals surface area (Å²) >= 11 is 1.63. The number of thioether (sulfide) groups is 1. The molecule has 2 heterocycles. The van der Waals surface area contributed by atoms with Crippen LogP contribution in [0.2, 0.25) is 0 Å². The maximum absolute atomic E-state index is 13.0. The number of nitrogens with zero attached hydrogens (tertiary/aromatic N) is 1. The molecule has 2 aliphatic rings. The number of carbonyl (C=O) groups is 3. The number of hydrogen-bond donors (Lipinski definition) is 2. The molecule has 2 aromatic rings. The molecular weight excluding hydrogens is 402 g/mol. The van der Waals surface area contributed by atoms with Gasteiger partial charge >= 0.3 is 0 Å². The highest BCUT2D eigenvalue weighted by Crippen LogP contribution is 2.47. The first-order valence-electron chi connectivity index (χ1n) is 9.73. The molecule has 7 nitrogen and oxygen atoms in total. The number of methoxy groups -OCH3 is 1. The van der Waals surface area contributed by atoms with Gasteiger partial charge in [-0.1, -0.05) is 18.2 Å². The molecule has 0 aliphatic carbocycles. The number of amides is 3. The van der Waals surface area contributed by atoms with Crippen molar-refractivity contribution in [3.05, 3.63) is 54.1 Å². The zero-order chi connectivity index (χ0) is 21.3. The molecule has 4 rings (SSSR count). The van der Waals surface area contributed by atoms with Crippen LogP contribution in [0.5, 0.6) is 5.75 Å². The van der Waals surface area contributed by atoms with E-state index in [9.17, 15) is 14.4 Å². The third kappa shape index (κ3) is 3.75. The number of carbonyl (C=O) groups excluding carboxylic acids is 3. The lowest BCUT2D eigenvalue weighted by Crippen LogP contribution is -2.48. The summed E-state index contributed by atoms with van der Waals surface area (Å²) in [5.74, 6) is 0.565. The molecule has 2 fully saturated rings. The van der Waals surface area contributed by atoms with Gasteiger partial charge in [0.25, 0.3) is 5.91 Å². The first-order valence-corrected chi connectivity index (χ1v) is 10.7. The van der Waals surface area contributed by atoms with Crippen LogP contribution < -0.4 is 15.4 Å². The molecule has 30 heavy (non-hydrogen) atoms. The second-order valence-corrected chi connectivity index (χ2v) is 8.99. The summed E-state index contributed by atoms with van der Waals surface area (Å²) in [6.07, 6.45) is 1.21. The Balaban J connectivity index is 1.51. The summed E-state index contributed by atoms with van der Waals surface area (Å²) in [6, 6.07) is 13.3. The summed E-state index contributed by atoms with van der Waals surface area (Å²) in [5, 5.41) is 5.69. The van der Waals surface area contributed by atoms with Crippen LogP contribution in [0.3, 0.4) is 0 Å². The van der Waals surface area contributed by atoms with Gasteiger partial charge < -0.3 is 20.3 Å². The van der Waals surface area contributed by atoms with Crippen LogP contribution in [0.15, 0.2) is 48.5 Å². The Hall–Kier alpha value is -3.00. The van der Waals surface area contributed by atoms with Crippen LogP contribution >= 0.6 is 11.8 Å². The highest BCUT2D eigenvalue weighted by atomic mass is 32.2. The predicted octanol–water partition coefficient (Wildman–Crippen LogP) is 3.34. The minimum atomic E-state index is -0.537. The van der Waals surface area contributed by atoms with Gasteiger partial charge in [-0.3, -0.25) is 14.4 Å². The Kier molecular flexibility index (Phi) is 5.42. The number of fused-ring (bicyclic) bond motifs is 1. The topological polar surface area (TPSA) is 87.7 Å². The molecule has 2 unspecified atom stereocenters. The van der Waals surface area contributed by atoms with Crippen LogP contribution in [0.1, 0.15) is 30.1 Å². The monoisotopic (exact) mass is 425 g/mol. The Labute approximate surface area is 179 Å². The molecule has 2 aromatic carbocycles. The van der Waals surface area contributed by atoms with E-state index in [-0.39, 0.29) is 22.6 Å². The van der Waals surface area contributed by atoms with Crippen molar-refractivity contribution >= 4 is 40.9 Å². The number of para-hydroxylation sites is 1. The van der Waals surface area contributed by atoms with Crippen LogP contribution in [-0.2, 0) is 9.59 Å². The van der Waals surface area contributed by atoms with Crippen molar-refractivity contribution in [2.75, 3.05) is 23.5 Å². The first-order chi connectivity index (χ1) is 14.4. The second-order valence-electron chi connectivity index (χ2n) is 7.49. The highest BCUT2D eigenvalue weighted by Gasteiger charge is 2.52. The van der Waals surface area contributed by atoms with Gasteiger partial charge in [0.15, 0.2) is 0 Å². The number of rotatable bonds is 5. The maximum atomic E-state index is 13.0. The van der Waals surface area contributed by atoms with Crippen molar-refractivity contribution in [2.24, 2.45) is 0 Å². The largest absolute Gasteiger partial charge is 0.497 e. The molecule has 156 valence electrons. The first kappa shape index (κ1) is 20.3. The van der Waals surface area contributed by atoms with E-state index in [2.05, 4.69) is 10.6 Å². The molecule has 0 spiro atoms. The summed E-state index contributed by atoms with van der Waals surface area (Å²) in [7, 11) is 1.56. The summed E-state index contributed by atoms with van der Waals surface area (Å²) < 4.78 is 5.18. The van der Waals surface area contributed by atoms with Crippen molar-refractivity contribution in [3.63, 3.8) is 0 Å². The van der Waals surface area contributed by atoms with Crippen LogP contribution in [0.25, 0.3) is 0 Å². The molecule has 2 aliphatic heterocycles. The van der Waals surface area contributed by atoms with Crippen molar-refractivity contribution in [2.45, 2.75) is 30.7 Å². The summed E-state index contributed by atoms with van der Waals surface area (Å²) in [4.78, 5) is 39.5. The van der Waals surface area contributed by atoms with Gasteiger partial charge in [0.2, 0.25) is 11.8 Å². The number of benzene rings is 2. The number of ether oxygens (including phenoxy) is 1. The minimum Gasteiger partial charge on any atom is -0.497 e. The second kappa shape index (κ2) is 8.02. The quantitative estimate of drug-likeness (QED) is 0.767. The third-order valence-corrected chi connectivity index (χ3v) is 7.01. The number of anilines is 2. The van der Waals surface area contributed by atoms with Gasteiger partial charge in [-0.05, 0) is 37.6 Å². The van der Waals surface area contributed by atoms with Gasteiger partial charge in [0, 0.05) is 23.9 Å². The number of hydrogen-bond acceptors (Lipinski definition) is 5. The van der Waals surface area contributed by atoms with E-state index in [1.165, 1.54) is 0 Å². The van der Waals surface area contributed by atoms with E-state index in [0.717, 1.165) is 6.42 Å². The smallest absolute Gasteiger partial charge is 0.257 e. The fraction of sp³-hybridized carbons (Fsp3) is 0.318. The Morgan fingerprint density at radius 3 is 2.77 bits per heavy atom. The normalized spacial score (nSPS) is 22.5. The fourth-order valence-electron chi connectivity index (χ4n) is 3.92. The molecule has 0 saturated carbocycles.